The first-order valence-electron chi connectivity index (χ1n) is 7.61. The Balaban J connectivity index is 0.000000173. The number of Topliss-reactive ketones (excluding diaryl/α,β-unsaturated/α-hetero) is 2. The van der Waals surface area contributed by atoms with Gasteiger partial charge in [-0.1, -0.05) is 0 Å². The van der Waals surface area contributed by atoms with Crippen LogP contribution in [-0.4, -0.2) is 40.4 Å². The fourth-order valence-corrected chi connectivity index (χ4v) is 4.20. The zero-order valence-corrected chi connectivity index (χ0v) is 12.8. The van der Waals surface area contributed by atoms with Gasteiger partial charge in [0.05, 0.1) is 5.92 Å². The van der Waals surface area contributed by atoms with Gasteiger partial charge in [-0.25, -0.2) is 26.3 Å². The van der Waals surface area contributed by atoms with Crippen LogP contribution in [0.3, 0.4) is 0 Å². The summed E-state index contributed by atoms with van der Waals surface area (Å²) in [5, 5.41) is 8.13. The van der Waals surface area contributed by atoms with Crippen LogP contribution in [0.1, 0.15) is 38.5 Å². The molecule has 0 unspecified atom stereocenters. The average Bonchev–Trinajstić information content (AvgIpc) is 2.38. The van der Waals surface area contributed by atoms with Gasteiger partial charge in [0.25, 0.3) is 11.8 Å². The molecule has 4 fully saturated rings. The van der Waals surface area contributed by atoms with Gasteiger partial charge in [0.2, 0.25) is 5.92 Å². The standard InChI is InChI=1S/C10H8F4O2.C5H6F2O2/c11-9(12)1-7(2-9)5(15)8(6(7)16)3-10(13,14)4-8;6-5(7)1-3(2-5)4(8)9/h1-4H2;3H,1-2H2,(H,8,9). The molecule has 0 aliphatic heterocycles. The summed E-state index contributed by atoms with van der Waals surface area (Å²) >= 11 is 0. The predicted molar refractivity (Wildman–Crippen MR) is 68.5 cm³/mol. The molecule has 10 heteroatoms. The van der Waals surface area contributed by atoms with E-state index in [-0.39, 0.29) is 0 Å². The molecule has 0 aromatic carbocycles. The SMILES string of the molecule is O=C(O)C1CC(F)(F)C1.O=C1C2(CC(F)(F)C2)C(=O)C12CC(F)(F)C2. The molecule has 4 rings (SSSR count). The van der Waals surface area contributed by atoms with Crippen LogP contribution in [0, 0.1) is 16.7 Å². The number of carbonyl (C=O) groups is 3. The Morgan fingerprint density at radius 2 is 1.08 bits per heavy atom. The molecule has 0 radical (unpaired) electrons. The molecule has 4 aliphatic rings. The van der Waals surface area contributed by atoms with Gasteiger partial charge in [-0.2, -0.15) is 0 Å². The zero-order chi connectivity index (χ0) is 19.1. The summed E-state index contributed by atoms with van der Waals surface area (Å²) < 4.78 is 74.5. The van der Waals surface area contributed by atoms with Crippen molar-refractivity contribution in [1.29, 1.82) is 0 Å². The fourth-order valence-electron chi connectivity index (χ4n) is 4.20. The normalized spacial score (nSPS) is 31.8. The van der Waals surface area contributed by atoms with Crippen molar-refractivity contribution in [2.45, 2.75) is 56.3 Å². The lowest BCUT2D eigenvalue weighted by atomic mass is 9.36. The first-order valence-corrected chi connectivity index (χ1v) is 7.61. The lowest BCUT2D eigenvalue weighted by molar-refractivity contribution is -0.242. The Kier molecular flexibility index (Phi) is 3.46. The largest absolute Gasteiger partial charge is 0.481 e. The third-order valence-corrected chi connectivity index (χ3v) is 5.42. The molecule has 140 valence electrons. The third-order valence-electron chi connectivity index (χ3n) is 5.42. The van der Waals surface area contributed by atoms with Gasteiger partial charge in [0.15, 0.2) is 11.6 Å². The Morgan fingerprint density at radius 3 is 1.24 bits per heavy atom. The van der Waals surface area contributed by atoms with Crippen LogP contribution < -0.4 is 0 Å². The molecule has 0 saturated heterocycles. The summed E-state index contributed by atoms with van der Waals surface area (Å²) in [6, 6.07) is 0. The molecule has 4 saturated carbocycles. The van der Waals surface area contributed by atoms with E-state index in [4.69, 9.17) is 5.11 Å². The van der Waals surface area contributed by atoms with E-state index < -0.39 is 90.6 Å². The Labute approximate surface area is 137 Å². The van der Waals surface area contributed by atoms with E-state index in [1.54, 1.807) is 0 Å². The van der Waals surface area contributed by atoms with Gasteiger partial charge < -0.3 is 5.11 Å². The lowest BCUT2D eigenvalue weighted by Crippen LogP contribution is -2.78. The van der Waals surface area contributed by atoms with Crippen LogP contribution in [0.2, 0.25) is 0 Å². The minimum Gasteiger partial charge on any atom is -0.481 e. The van der Waals surface area contributed by atoms with E-state index in [1.807, 2.05) is 0 Å². The highest BCUT2D eigenvalue weighted by molar-refractivity contribution is 6.32. The topological polar surface area (TPSA) is 71.4 Å². The Bertz CT molecular complexity index is 591. The van der Waals surface area contributed by atoms with Crippen molar-refractivity contribution in [3.8, 4) is 0 Å². The molecule has 0 heterocycles. The highest BCUT2D eigenvalue weighted by atomic mass is 19.3. The van der Waals surface area contributed by atoms with Crippen LogP contribution in [0.5, 0.6) is 0 Å². The van der Waals surface area contributed by atoms with Gasteiger partial charge in [-0.3, -0.25) is 14.4 Å². The number of hydrogen-bond donors (Lipinski definition) is 1. The minimum atomic E-state index is -2.99. The van der Waals surface area contributed by atoms with Crippen molar-refractivity contribution in [2.75, 3.05) is 0 Å². The second-order valence-corrected chi connectivity index (χ2v) is 7.54. The number of hydrogen-bond acceptors (Lipinski definition) is 3. The molecule has 0 atom stereocenters. The maximum atomic E-state index is 12.7. The van der Waals surface area contributed by atoms with Gasteiger partial charge in [-0.05, 0) is 0 Å². The third kappa shape index (κ3) is 2.55. The number of alkyl halides is 6. The summed E-state index contributed by atoms with van der Waals surface area (Å²) in [5.74, 6) is -12.0. The molecule has 4 nitrogen and oxygen atoms in total. The second-order valence-electron chi connectivity index (χ2n) is 7.54. The first kappa shape index (κ1) is 18.2. The van der Waals surface area contributed by atoms with E-state index in [1.165, 1.54) is 0 Å². The summed E-state index contributed by atoms with van der Waals surface area (Å²) in [6.45, 7) is 0. The number of ketones is 2. The van der Waals surface area contributed by atoms with Gasteiger partial charge in [-0.15, -0.1) is 0 Å². The molecule has 25 heavy (non-hydrogen) atoms. The molecule has 0 amide bonds. The van der Waals surface area contributed by atoms with Gasteiger partial charge >= 0.3 is 5.97 Å². The molecule has 1 N–H and O–H groups in total. The predicted octanol–water partition coefficient (Wildman–Crippen LogP) is 3.09. The molecule has 4 aliphatic carbocycles. The Morgan fingerprint density at radius 1 is 0.760 bits per heavy atom. The lowest BCUT2D eigenvalue weighted by Gasteiger charge is -2.63. The second kappa shape index (κ2) is 4.76. The number of aliphatic carboxylic acids is 1. The van der Waals surface area contributed by atoms with Crippen molar-refractivity contribution in [3.05, 3.63) is 0 Å². The molecular weight excluding hydrogens is 358 g/mol. The Hall–Kier alpha value is -1.61. The molecule has 0 aromatic heterocycles. The van der Waals surface area contributed by atoms with Gasteiger partial charge in [0, 0.05) is 38.5 Å². The number of rotatable bonds is 1. The summed E-state index contributed by atoms with van der Waals surface area (Å²) in [4.78, 5) is 33.3. The van der Waals surface area contributed by atoms with Crippen LogP contribution in [0.25, 0.3) is 0 Å². The number of carbonyl (C=O) groups excluding carboxylic acids is 2. The summed E-state index contributed by atoms with van der Waals surface area (Å²) in [7, 11) is 0. The molecule has 0 aromatic rings. The summed E-state index contributed by atoms with van der Waals surface area (Å²) in [6.07, 6.45) is -4.11. The quantitative estimate of drug-likeness (QED) is 0.567. The highest BCUT2D eigenvalue weighted by Gasteiger charge is 2.84. The van der Waals surface area contributed by atoms with E-state index in [9.17, 15) is 40.7 Å². The fraction of sp³-hybridized carbons (Fsp3) is 0.800. The maximum absolute atomic E-state index is 12.7. The van der Waals surface area contributed by atoms with Crippen molar-refractivity contribution in [1.82, 2.24) is 0 Å². The highest BCUT2D eigenvalue weighted by Crippen LogP contribution is 2.71. The van der Waals surface area contributed by atoms with Crippen molar-refractivity contribution >= 4 is 17.5 Å². The van der Waals surface area contributed by atoms with E-state index in [2.05, 4.69) is 0 Å². The summed E-state index contributed by atoms with van der Waals surface area (Å²) in [5.41, 5.74) is -3.22. The number of carboxylic acid groups (broad SMARTS) is 1. The average molecular weight is 372 g/mol. The van der Waals surface area contributed by atoms with Crippen molar-refractivity contribution in [2.24, 2.45) is 16.7 Å². The molecule has 0 bridgehead atoms. The maximum Gasteiger partial charge on any atom is 0.306 e. The minimum absolute atomic E-state index is 0.484. The number of carboxylic acids is 1. The van der Waals surface area contributed by atoms with Crippen LogP contribution in [0.4, 0.5) is 26.3 Å². The first-order chi connectivity index (χ1) is 11.1. The smallest absolute Gasteiger partial charge is 0.306 e. The van der Waals surface area contributed by atoms with Crippen LogP contribution in [0.15, 0.2) is 0 Å². The molecular formula is C15H14F6O4. The van der Waals surface area contributed by atoms with Crippen LogP contribution >= 0.6 is 0 Å². The van der Waals surface area contributed by atoms with E-state index in [0.717, 1.165) is 0 Å². The number of halogens is 6. The zero-order valence-electron chi connectivity index (χ0n) is 12.8. The van der Waals surface area contributed by atoms with Crippen molar-refractivity contribution < 1.29 is 45.8 Å². The van der Waals surface area contributed by atoms with Crippen molar-refractivity contribution in [3.63, 3.8) is 0 Å². The van der Waals surface area contributed by atoms with Gasteiger partial charge in [0.1, 0.15) is 10.8 Å². The van der Waals surface area contributed by atoms with E-state index in [0.29, 0.717) is 0 Å². The van der Waals surface area contributed by atoms with E-state index >= 15 is 0 Å². The molecule has 2 spiro atoms. The van der Waals surface area contributed by atoms with Crippen LogP contribution in [-0.2, 0) is 14.4 Å². The monoisotopic (exact) mass is 372 g/mol.